The van der Waals surface area contributed by atoms with Gasteiger partial charge in [0.15, 0.2) is 10.8 Å². The number of hydrogen-bond acceptors (Lipinski definition) is 5. The van der Waals surface area contributed by atoms with Crippen molar-refractivity contribution in [3.8, 4) is 0 Å². The fourth-order valence-electron chi connectivity index (χ4n) is 2.83. The van der Waals surface area contributed by atoms with Gasteiger partial charge in [-0.2, -0.15) is 0 Å². The molecule has 0 saturated heterocycles. The first kappa shape index (κ1) is 14.1. The fourth-order valence-corrected chi connectivity index (χ4v) is 3.74. The van der Waals surface area contributed by atoms with E-state index in [9.17, 15) is 9.18 Å². The van der Waals surface area contributed by atoms with Crippen LogP contribution in [0.2, 0.25) is 0 Å². The number of anilines is 2. The number of benzene rings is 1. The molecule has 1 aliphatic rings. The molecule has 1 amide bonds. The molecule has 1 aliphatic heterocycles. The average Bonchev–Trinajstić information content (AvgIpc) is 3.17. The minimum Gasteiger partial charge on any atom is -0.353 e. The van der Waals surface area contributed by atoms with Gasteiger partial charge in [-0.05, 0) is 36.2 Å². The Bertz CT molecular complexity index is 924. The van der Waals surface area contributed by atoms with Crippen molar-refractivity contribution in [1.29, 1.82) is 0 Å². The van der Waals surface area contributed by atoms with Gasteiger partial charge in [0.1, 0.15) is 11.3 Å². The number of halogens is 1. The number of amides is 1. The van der Waals surface area contributed by atoms with Crippen LogP contribution < -0.4 is 10.2 Å². The topological polar surface area (TPSA) is 58.1 Å². The number of hydrogen-bond donors (Lipinski definition) is 1. The zero-order chi connectivity index (χ0) is 16.0. The monoisotopic (exact) mass is 328 g/mol. The largest absolute Gasteiger partial charge is 0.353 e. The molecule has 1 aromatic carbocycles. The summed E-state index contributed by atoms with van der Waals surface area (Å²) in [7, 11) is 1.58. The fraction of sp³-hybridized carbons (Fsp3) is 0.188. The lowest BCUT2D eigenvalue weighted by Crippen LogP contribution is -2.17. The predicted octanol–water partition coefficient (Wildman–Crippen LogP) is 2.88. The van der Waals surface area contributed by atoms with Crippen molar-refractivity contribution in [3.05, 3.63) is 46.9 Å². The van der Waals surface area contributed by atoms with Crippen LogP contribution in [0, 0.1) is 5.82 Å². The zero-order valence-electron chi connectivity index (χ0n) is 12.3. The van der Waals surface area contributed by atoms with Crippen molar-refractivity contribution in [3.63, 3.8) is 0 Å². The summed E-state index contributed by atoms with van der Waals surface area (Å²) in [6.07, 6.45) is 2.47. The Morgan fingerprint density at radius 2 is 2.26 bits per heavy atom. The number of nitrogens with zero attached hydrogens (tertiary/aromatic N) is 3. The van der Waals surface area contributed by atoms with Crippen molar-refractivity contribution >= 4 is 39.0 Å². The van der Waals surface area contributed by atoms with E-state index in [1.54, 1.807) is 25.4 Å². The highest BCUT2D eigenvalue weighted by atomic mass is 32.1. The van der Waals surface area contributed by atoms with Crippen molar-refractivity contribution in [1.82, 2.24) is 15.3 Å². The van der Waals surface area contributed by atoms with Crippen LogP contribution in [0.15, 0.2) is 30.5 Å². The molecule has 1 N–H and O–H groups in total. The first-order chi connectivity index (χ1) is 11.2. The lowest BCUT2D eigenvalue weighted by Gasteiger charge is -2.18. The van der Waals surface area contributed by atoms with Crippen molar-refractivity contribution < 1.29 is 9.18 Å². The predicted molar refractivity (Wildman–Crippen MR) is 87.9 cm³/mol. The van der Waals surface area contributed by atoms with E-state index in [4.69, 9.17) is 0 Å². The molecule has 3 heterocycles. The SMILES string of the molecule is CNC(=O)c1nc2c(N3CCc4cc(F)ccc43)nccc2s1. The summed E-state index contributed by atoms with van der Waals surface area (Å²) < 4.78 is 14.3. The van der Waals surface area contributed by atoms with E-state index in [1.807, 2.05) is 11.0 Å². The lowest BCUT2D eigenvalue weighted by atomic mass is 10.2. The third-order valence-electron chi connectivity index (χ3n) is 3.90. The second-order valence-electron chi connectivity index (χ2n) is 5.25. The molecular weight excluding hydrogens is 315 g/mol. The van der Waals surface area contributed by atoms with Crippen LogP contribution in [-0.4, -0.2) is 29.5 Å². The molecule has 0 radical (unpaired) electrons. The normalized spacial score (nSPS) is 13.4. The van der Waals surface area contributed by atoms with Crippen molar-refractivity contribution in [2.45, 2.75) is 6.42 Å². The molecule has 7 heteroatoms. The maximum Gasteiger partial charge on any atom is 0.280 e. The van der Waals surface area contributed by atoms with Gasteiger partial charge in [-0.1, -0.05) is 0 Å². The first-order valence-electron chi connectivity index (χ1n) is 7.21. The van der Waals surface area contributed by atoms with Crippen LogP contribution in [0.5, 0.6) is 0 Å². The molecule has 0 spiro atoms. The minimum atomic E-state index is -0.229. The maximum atomic E-state index is 13.4. The maximum absolute atomic E-state index is 13.4. The Morgan fingerprint density at radius 3 is 3.09 bits per heavy atom. The summed E-state index contributed by atoms with van der Waals surface area (Å²) in [5.41, 5.74) is 2.61. The summed E-state index contributed by atoms with van der Waals surface area (Å²) in [4.78, 5) is 22.7. The van der Waals surface area contributed by atoms with E-state index in [1.165, 1.54) is 17.4 Å². The van der Waals surface area contributed by atoms with Crippen LogP contribution in [0.4, 0.5) is 15.9 Å². The molecule has 4 rings (SSSR count). The highest BCUT2D eigenvalue weighted by molar-refractivity contribution is 7.20. The van der Waals surface area contributed by atoms with Crippen LogP contribution >= 0.6 is 11.3 Å². The molecule has 0 fully saturated rings. The summed E-state index contributed by atoms with van der Waals surface area (Å²) in [6.45, 7) is 0.720. The molecule has 0 bridgehead atoms. The average molecular weight is 328 g/mol. The molecule has 0 atom stereocenters. The number of fused-ring (bicyclic) bond motifs is 2. The second-order valence-corrected chi connectivity index (χ2v) is 6.28. The number of nitrogens with one attached hydrogen (secondary N) is 1. The highest BCUT2D eigenvalue weighted by Crippen LogP contribution is 2.38. The Kier molecular flexibility index (Phi) is 3.23. The molecule has 23 heavy (non-hydrogen) atoms. The van der Waals surface area contributed by atoms with E-state index >= 15 is 0 Å². The Hall–Kier alpha value is -2.54. The quantitative estimate of drug-likeness (QED) is 0.786. The number of aromatic nitrogens is 2. The number of carbonyl (C=O) groups is 1. The van der Waals surface area contributed by atoms with Gasteiger partial charge in [0, 0.05) is 25.5 Å². The number of thiazole rings is 1. The van der Waals surface area contributed by atoms with Gasteiger partial charge in [0.2, 0.25) is 0 Å². The minimum absolute atomic E-state index is 0.207. The lowest BCUT2D eigenvalue weighted by molar-refractivity contribution is 0.0963. The van der Waals surface area contributed by atoms with Crippen molar-refractivity contribution in [2.75, 3.05) is 18.5 Å². The standard InChI is InChI=1S/C16H13FN4OS/c1-18-15(22)16-20-13-12(23-16)4-6-19-14(13)21-7-5-9-8-10(17)2-3-11(9)21/h2-4,6,8H,5,7H2,1H3,(H,18,22). The second kappa shape index (κ2) is 5.27. The van der Waals surface area contributed by atoms with E-state index in [0.717, 1.165) is 28.9 Å². The third-order valence-corrected chi connectivity index (χ3v) is 4.92. The van der Waals surface area contributed by atoms with Crippen LogP contribution in [0.25, 0.3) is 10.2 Å². The molecule has 0 aliphatic carbocycles. The molecule has 3 aromatic rings. The number of pyridine rings is 1. The van der Waals surface area contributed by atoms with Crippen LogP contribution in [-0.2, 0) is 6.42 Å². The van der Waals surface area contributed by atoms with E-state index in [2.05, 4.69) is 15.3 Å². The Labute approximate surface area is 135 Å². The summed E-state index contributed by atoms with van der Waals surface area (Å²) in [5, 5.41) is 3.00. The number of carbonyl (C=O) groups excluding carboxylic acids is 1. The van der Waals surface area contributed by atoms with Gasteiger partial charge in [-0.25, -0.2) is 14.4 Å². The van der Waals surface area contributed by atoms with E-state index in [0.29, 0.717) is 16.3 Å². The molecule has 116 valence electrons. The van der Waals surface area contributed by atoms with Gasteiger partial charge in [-0.3, -0.25) is 4.79 Å². The van der Waals surface area contributed by atoms with Crippen LogP contribution in [0.3, 0.4) is 0 Å². The van der Waals surface area contributed by atoms with Gasteiger partial charge >= 0.3 is 0 Å². The summed E-state index contributed by atoms with van der Waals surface area (Å²) in [6, 6.07) is 6.63. The molecule has 5 nitrogen and oxygen atoms in total. The molecule has 2 aromatic heterocycles. The summed E-state index contributed by atoms with van der Waals surface area (Å²) in [5.74, 6) is 0.271. The smallest absolute Gasteiger partial charge is 0.280 e. The first-order valence-corrected chi connectivity index (χ1v) is 8.02. The number of rotatable bonds is 2. The highest BCUT2D eigenvalue weighted by Gasteiger charge is 2.25. The van der Waals surface area contributed by atoms with E-state index in [-0.39, 0.29) is 11.7 Å². The van der Waals surface area contributed by atoms with Gasteiger partial charge in [0.05, 0.1) is 4.70 Å². The summed E-state index contributed by atoms with van der Waals surface area (Å²) >= 11 is 1.34. The Morgan fingerprint density at radius 1 is 1.39 bits per heavy atom. The molecule has 0 unspecified atom stereocenters. The third kappa shape index (κ3) is 2.24. The van der Waals surface area contributed by atoms with Gasteiger partial charge in [0.25, 0.3) is 5.91 Å². The van der Waals surface area contributed by atoms with E-state index < -0.39 is 0 Å². The Balaban J connectivity index is 1.84. The van der Waals surface area contributed by atoms with Gasteiger partial charge < -0.3 is 10.2 Å². The molecule has 0 saturated carbocycles. The van der Waals surface area contributed by atoms with Crippen LogP contribution in [0.1, 0.15) is 15.4 Å². The molecular formula is C16H13FN4OS. The van der Waals surface area contributed by atoms with Gasteiger partial charge in [-0.15, -0.1) is 11.3 Å². The van der Waals surface area contributed by atoms with Crippen molar-refractivity contribution in [2.24, 2.45) is 0 Å². The zero-order valence-corrected chi connectivity index (χ0v) is 13.2.